The van der Waals surface area contributed by atoms with Gasteiger partial charge in [0.2, 0.25) is 0 Å². The maximum Gasteiger partial charge on any atom is 0.126 e. The maximum absolute atomic E-state index is 13.4. The Balaban J connectivity index is 2.12. The average Bonchev–Trinajstić information content (AvgIpc) is 2.58. The molecule has 1 aliphatic heterocycles. The van der Waals surface area contributed by atoms with E-state index in [0.717, 1.165) is 16.0 Å². The van der Waals surface area contributed by atoms with Crippen molar-refractivity contribution in [1.29, 1.82) is 0 Å². The Hall–Kier alpha value is -0.0600. The minimum atomic E-state index is -0.284. The summed E-state index contributed by atoms with van der Waals surface area (Å²) in [6, 6.07) is 4.96. The molecule has 0 bridgehead atoms. The van der Waals surface area contributed by atoms with Gasteiger partial charge in [0.1, 0.15) is 5.82 Å². The second kappa shape index (κ2) is 4.85. The van der Waals surface area contributed by atoms with Crippen LogP contribution in [0.5, 0.6) is 0 Å². The van der Waals surface area contributed by atoms with Gasteiger partial charge in [-0.15, -0.1) is 0 Å². The predicted octanol–water partition coefficient (Wildman–Crippen LogP) is 2.85. The summed E-state index contributed by atoms with van der Waals surface area (Å²) in [4.78, 5) is 0. The lowest BCUT2D eigenvalue weighted by molar-refractivity contribution is 0.149. The number of benzene rings is 1. The number of hydrogen-bond donors (Lipinski definition) is 1. The monoisotopic (exact) mass is 290 g/mol. The lowest BCUT2D eigenvalue weighted by atomic mass is 9.96. The SMILES string of the molecule is OC1CSCC1Cc1cc(Br)ccc1F. The fourth-order valence-electron chi connectivity index (χ4n) is 1.76. The molecule has 2 unspecified atom stereocenters. The van der Waals surface area contributed by atoms with E-state index in [9.17, 15) is 9.50 Å². The van der Waals surface area contributed by atoms with Crippen molar-refractivity contribution in [2.45, 2.75) is 12.5 Å². The molecule has 15 heavy (non-hydrogen) atoms. The number of rotatable bonds is 2. The Morgan fingerprint density at radius 2 is 2.27 bits per heavy atom. The highest BCUT2D eigenvalue weighted by atomic mass is 79.9. The van der Waals surface area contributed by atoms with Crippen LogP contribution in [0.2, 0.25) is 0 Å². The van der Waals surface area contributed by atoms with E-state index in [0.29, 0.717) is 12.0 Å². The fraction of sp³-hybridized carbons (Fsp3) is 0.455. The molecule has 1 nitrogen and oxygen atoms in total. The zero-order valence-corrected chi connectivity index (χ0v) is 10.5. The molecule has 0 amide bonds. The molecule has 0 aliphatic carbocycles. The van der Waals surface area contributed by atoms with Gasteiger partial charge < -0.3 is 5.11 Å². The first kappa shape index (κ1) is 11.4. The molecule has 1 aliphatic rings. The third-order valence-electron chi connectivity index (χ3n) is 2.65. The van der Waals surface area contributed by atoms with Crippen molar-refractivity contribution >= 4 is 27.7 Å². The van der Waals surface area contributed by atoms with Crippen LogP contribution in [0.25, 0.3) is 0 Å². The van der Waals surface area contributed by atoms with Gasteiger partial charge in [-0.3, -0.25) is 0 Å². The summed E-state index contributed by atoms with van der Waals surface area (Å²) in [6.45, 7) is 0. The molecule has 82 valence electrons. The topological polar surface area (TPSA) is 20.2 Å². The highest BCUT2D eigenvalue weighted by molar-refractivity contribution is 9.10. The molecule has 1 aromatic rings. The molecular formula is C11H12BrFOS. The smallest absolute Gasteiger partial charge is 0.126 e. The molecule has 2 atom stereocenters. The second-order valence-corrected chi connectivity index (χ2v) is 5.80. The van der Waals surface area contributed by atoms with Crippen molar-refractivity contribution in [1.82, 2.24) is 0 Å². The molecule has 1 N–H and O–H groups in total. The summed E-state index contributed by atoms with van der Waals surface area (Å²) >= 11 is 5.06. The van der Waals surface area contributed by atoms with Gasteiger partial charge in [-0.1, -0.05) is 15.9 Å². The van der Waals surface area contributed by atoms with Crippen molar-refractivity contribution in [3.63, 3.8) is 0 Å². The van der Waals surface area contributed by atoms with Crippen LogP contribution in [-0.2, 0) is 6.42 Å². The zero-order chi connectivity index (χ0) is 10.8. The van der Waals surface area contributed by atoms with E-state index in [1.807, 2.05) is 0 Å². The second-order valence-electron chi connectivity index (χ2n) is 3.80. The van der Waals surface area contributed by atoms with Gasteiger partial charge in [-0.05, 0) is 41.9 Å². The van der Waals surface area contributed by atoms with Crippen LogP contribution >= 0.6 is 27.7 Å². The van der Waals surface area contributed by atoms with E-state index in [4.69, 9.17) is 0 Å². The van der Waals surface area contributed by atoms with Crippen LogP contribution in [0.3, 0.4) is 0 Å². The summed E-state index contributed by atoms with van der Waals surface area (Å²) in [7, 11) is 0. The van der Waals surface area contributed by atoms with Crippen molar-refractivity contribution in [3.05, 3.63) is 34.1 Å². The maximum atomic E-state index is 13.4. The quantitative estimate of drug-likeness (QED) is 0.904. The van der Waals surface area contributed by atoms with Gasteiger partial charge in [-0.2, -0.15) is 11.8 Å². The zero-order valence-electron chi connectivity index (χ0n) is 8.12. The lowest BCUT2D eigenvalue weighted by Crippen LogP contribution is -2.20. The van der Waals surface area contributed by atoms with E-state index in [1.54, 1.807) is 23.9 Å². The molecule has 1 aromatic carbocycles. The lowest BCUT2D eigenvalue weighted by Gasteiger charge is -2.13. The Morgan fingerprint density at radius 1 is 1.47 bits per heavy atom. The number of hydrogen-bond acceptors (Lipinski definition) is 2. The van der Waals surface area contributed by atoms with Crippen LogP contribution in [0.1, 0.15) is 5.56 Å². The molecule has 1 heterocycles. The third-order valence-corrected chi connectivity index (χ3v) is 4.39. The Labute approximate surface area is 101 Å². The molecule has 0 spiro atoms. The fourth-order valence-corrected chi connectivity index (χ4v) is 3.47. The number of aliphatic hydroxyl groups excluding tert-OH is 1. The van der Waals surface area contributed by atoms with E-state index in [-0.39, 0.29) is 17.8 Å². The van der Waals surface area contributed by atoms with E-state index < -0.39 is 0 Å². The van der Waals surface area contributed by atoms with Crippen molar-refractivity contribution in [2.75, 3.05) is 11.5 Å². The van der Waals surface area contributed by atoms with Crippen LogP contribution in [0.4, 0.5) is 4.39 Å². The standard InChI is InChI=1S/C11H12BrFOS/c12-9-1-2-10(13)7(4-9)3-8-5-15-6-11(8)14/h1-2,4,8,11,14H,3,5-6H2. The molecule has 0 radical (unpaired) electrons. The largest absolute Gasteiger partial charge is 0.392 e. The number of aliphatic hydroxyl groups is 1. The van der Waals surface area contributed by atoms with Gasteiger partial charge in [0, 0.05) is 10.2 Å². The van der Waals surface area contributed by atoms with Crippen LogP contribution in [0, 0.1) is 11.7 Å². The molecule has 0 aromatic heterocycles. The van der Waals surface area contributed by atoms with E-state index >= 15 is 0 Å². The highest BCUT2D eigenvalue weighted by Crippen LogP contribution is 2.28. The summed E-state index contributed by atoms with van der Waals surface area (Å²) in [6.07, 6.45) is 0.341. The average molecular weight is 291 g/mol. The van der Waals surface area contributed by atoms with Gasteiger partial charge in [0.25, 0.3) is 0 Å². The van der Waals surface area contributed by atoms with Crippen LogP contribution in [-0.4, -0.2) is 22.7 Å². The molecule has 2 rings (SSSR count). The van der Waals surface area contributed by atoms with Gasteiger partial charge in [-0.25, -0.2) is 4.39 Å². The van der Waals surface area contributed by atoms with Gasteiger partial charge in [0.15, 0.2) is 0 Å². The number of thioether (sulfide) groups is 1. The molecule has 0 saturated carbocycles. The molecule has 1 saturated heterocycles. The minimum absolute atomic E-state index is 0.178. The summed E-state index contributed by atoms with van der Waals surface area (Å²) in [5, 5.41) is 9.66. The molecular weight excluding hydrogens is 279 g/mol. The molecule has 1 fully saturated rings. The Kier molecular flexibility index (Phi) is 3.69. The van der Waals surface area contributed by atoms with Crippen LogP contribution in [0.15, 0.2) is 22.7 Å². The van der Waals surface area contributed by atoms with E-state index in [1.165, 1.54) is 6.07 Å². The summed E-state index contributed by atoms with van der Waals surface area (Å²) in [5.41, 5.74) is 0.691. The van der Waals surface area contributed by atoms with Crippen molar-refractivity contribution in [3.8, 4) is 0 Å². The van der Waals surface area contributed by atoms with Crippen LogP contribution < -0.4 is 0 Å². The summed E-state index contributed by atoms with van der Waals surface area (Å²) in [5.74, 6) is 1.72. The third kappa shape index (κ3) is 2.74. The van der Waals surface area contributed by atoms with Crippen molar-refractivity contribution < 1.29 is 9.50 Å². The van der Waals surface area contributed by atoms with Gasteiger partial charge >= 0.3 is 0 Å². The first-order valence-corrected chi connectivity index (χ1v) is 6.81. The number of halogens is 2. The van der Waals surface area contributed by atoms with Crippen molar-refractivity contribution in [2.24, 2.45) is 5.92 Å². The first-order chi connectivity index (χ1) is 7.16. The minimum Gasteiger partial charge on any atom is -0.392 e. The predicted molar refractivity (Wildman–Crippen MR) is 64.6 cm³/mol. The highest BCUT2D eigenvalue weighted by Gasteiger charge is 2.26. The Morgan fingerprint density at radius 3 is 2.93 bits per heavy atom. The Bertz CT molecular complexity index is 358. The van der Waals surface area contributed by atoms with E-state index in [2.05, 4.69) is 15.9 Å². The summed E-state index contributed by atoms with van der Waals surface area (Å²) < 4.78 is 14.3. The first-order valence-electron chi connectivity index (χ1n) is 4.86. The van der Waals surface area contributed by atoms with Gasteiger partial charge in [0.05, 0.1) is 6.10 Å². The normalized spacial score (nSPS) is 25.8. The molecule has 4 heteroatoms.